The number of nitrogens with zero attached hydrogens (tertiary/aromatic N) is 1. The van der Waals surface area contributed by atoms with Crippen molar-refractivity contribution in [2.75, 3.05) is 6.54 Å². The number of pyridine rings is 1. The molecule has 1 saturated carbocycles. The van der Waals surface area contributed by atoms with Gasteiger partial charge in [0.05, 0.1) is 12.0 Å². The quantitative estimate of drug-likeness (QED) is 0.849. The first-order valence-electron chi connectivity index (χ1n) is 8.39. The summed E-state index contributed by atoms with van der Waals surface area (Å²) in [5.74, 6) is 0.625. The fraction of sp³-hybridized carbons (Fsp3) is 0.667. The molecule has 22 heavy (non-hydrogen) atoms. The molecule has 2 rings (SSSR count). The van der Waals surface area contributed by atoms with Gasteiger partial charge in [0.1, 0.15) is 0 Å². The van der Waals surface area contributed by atoms with Gasteiger partial charge in [0.15, 0.2) is 0 Å². The van der Waals surface area contributed by atoms with Gasteiger partial charge < -0.3 is 10.4 Å². The van der Waals surface area contributed by atoms with Crippen molar-refractivity contribution in [1.82, 2.24) is 10.3 Å². The van der Waals surface area contributed by atoms with E-state index in [0.29, 0.717) is 12.5 Å². The normalized spacial score (nSPS) is 18.9. The lowest BCUT2D eigenvalue weighted by molar-refractivity contribution is -0.127. The zero-order valence-corrected chi connectivity index (χ0v) is 13.7. The van der Waals surface area contributed by atoms with Crippen LogP contribution in [0.3, 0.4) is 0 Å². The maximum atomic E-state index is 12.2. The molecule has 2 N–H and O–H groups in total. The molecular weight excluding hydrogens is 276 g/mol. The summed E-state index contributed by atoms with van der Waals surface area (Å²) in [6, 6.07) is 3.98. The number of hydrogen-bond acceptors (Lipinski definition) is 3. The number of hydrogen-bond donors (Lipinski definition) is 2. The molecule has 0 saturated heterocycles. The summed E-state index contributed by atoms with van der Waals surface area (Å²) in [7, 11) is 0. The Hall–Kier alpha value is -1.42. The Balaban J connectivity index is 1.88. The molecule has 1 heterocycles. The maximum Gasteiger partial charge on any atom is 0.222 e. The molecule has 4 heteroatoms. The molecule has 1 aromatic heterocycles. The third kappa shape index (κ3) is 4.80. The molecule has 0 aliphatic heterocycles. The Morgan fingerprint density at radius 2 is 2.09 bits per heavy atom. The SMILES string of the molecule is CC(C)C(CNC(=O)CC1(O)CCCCC1)c1cccnc1. The van der Waals surface area contributed by atoms with Crippen LogP contribution in [-0.2, 0) is 4.79 Å². The fourth-order valence-electron chi connectivity index (χ4n) is 3.31. The minimum absolute atomic E-state index is 0.0426. The van der Waals surface area contributed by atoms with Gasteiger partial charge in [0.25, 0.3) is 0 Å². The molecule has 122 valence electrons. The van der Waals surface area contributed by atoms with Crippen molar-refractivity contribution in [2.24, 2.45) is 5.92 Å². The highest BCUT2D eigenvalue weighted by Crippen LogP contribution is 2.31. The van der Waals surface area contributed by atoms with Crippen LogP contribution < -0.4 is 5.32 Å². The molecule has 0 aromatic carbocycles. The van der Waals surface area contributed by atoms with Crippen LogP contribution in [0.2, 0.25) is 0 Å². The van der Waals surface area contributed by atoms with Crippen molar-refractivity contribution in [3.8, 4) is 0 Å². The second-order valence-corrected chi connectivity index (χ2v) is 6.90. The molecule has 1 aromatic rings. The lowest BCUT2D eigenvalue weighted by Gasteiger charge is -2.31. The highest BCUT2D eigenvalue weighted by Gasteiger charge is 2.31. The predicted molar refractivity (Wildman–Crippen MR) is 87.5 cm³/mol. The van der Waals surface area contributed by atoms with E-state index in [1.54, 1.807) is 6.20 Å². The lowest BCUT2D eigenvalue weighted by Crippen LogP contribution is -2.39. The molecule has 0 radical (unpaired) electrons. The highest BCUT2D eigenvalue weighted by molar-refractivity contribution is 5.77. The standard InChI is InChI=1S/C18H28N2O2/c1-14(2)16(15-7-6-10-19-12-15)13-20-17(21)11-18(22)8-4-3-5-9-18/h6-7,10,12,14,16,22H,3-5,8-9,11,13H2,1-2H3,(H,20,21). The van der Waals surface area contributed by atoms with Crippen molar-refractivity contribution >= 4 is 5.91 Å². The Labute approximate surface area is 133 Å². The van der Waals surface area contributed by atoms with E-state index in [1.165, 1.54) is 6.42 Å². The van der Waals surface area contributed by atoms with Crippen LogP contribution in [0.4, 0.5) is 0 Å². The van der Waals surface area contributed by atoms with Crippen molar-refractivity contribution in [3.63, 3.8) is 0 Å². The average Bonchev–Trinajstić information content (AvgIpc) is 2.48. The molecule has 1 unspecified atom stereocenters. The summed E-state index contributed by atoms with van der Waals surface area (Å²) in [5.41, 5.74) is 0.360. The summed E-state index contributed by atoms with van der Waals surface area (Å²) >= 11 is 0. The second-order valence-electron chi connectivity index (χ2n) is 6.90. The molecular formula is C18H28N2O2. The van der Waals surface area contributed by atoms with E-state index in [-0.39, 0.29) is 18.2 Å². The van der Waals surface area contributed by atoms with Crippen LogP contribution in [0.15, 0.2) is 24.5 Å². The van der Waals surface area contributed by atoms with E-state index in [2.05, 4.69) is 30.2 Å². The minimum atomic E-state index is -0.788. The van der Waals surface area contributed by atoms with Gasteiger partial charge in [-0.15, -0.1) is 0 Å². The van der Waals surface area contributed by atoms with E-state index in [0.717, 1.165) is 31.2 Å². The molecule has 0 spiro atoms. The summed E-state index contributed by atoms with van der Waals surface area (Å²) < 4.78 is 0. The first-order valence-corrected chi connectivity index (χ1v) is 8.39. The number of amides is 1. The first-order chi connectivity index (χ1) is 10.5. The second kappa shape index (κ2) is 7.73. The van der Waals surface area contributed by atoms with Crippen molar-refractivity contribution in [3.05, 3.63) is 30.1 Å². The van der Waals surface area contributed by atoms with E-state index < -0.39 is 5.60 Å². The minimum Gasteiger partial charge on any atom is -0.389 e. The maximum absolute atomic E-state index is 12.2. The van der Waals surface area contributed by atoms with Gasteiger partial charge in [-0.1, -0.05) is 39.2 Å². The third-order valence-corrected chi connectivity index (χ3v) is 4.71. The molecule has 1 atom stereocenters. The Kier molecular flexibility index (Phi) is 5.95. The van der Waals surface area contributed by atoms with Gasteiger partial charge in [-0.25, -0.2) is 0 Å². The lowest BCUT2D eigenvalue weighted by atomic mass is 9.82. The largest absolute Gasteiger partial charge is 0.389 e. The van der Waals surface area contributed by atoms with Gasteiger partial charge in [-0.3, -0.25) is 9.78 Å². The number of aromatic nitrogens is 1. The van der Waals surface area contributed by atoms with E-state index in [9.17, 15) is 9.90 Å². The zero-order chi connectivity index (χ0) is 16.0. The Bertz CT molecular complexity index is 467. The summed E-state index contributed by atoms with van der Waals surface area (Å²) in [6.07, 6.45) is 8.56. The molecule has 1 aliphatic carbocycles. The molecule has 0 bridgehead atoms. The Morgan fingerprint density at radius 3 is 2.68 bits per heavy atom. The van der Waals surface area contributed by atoms with E-state index >= 15 is 0 Å². The van der Waals surface area contributed by atoms with Crippen LogP contribution >= 0.6 is 0 Å². The van der Waals surface area contributed by atoms with E-state index in [4.69, 9.17) is 0 Å². The number of carbonyl (C=O) groups excluding carboxylic acids is 1. The third-order valence-electron chi connectivity index (χ3n) is 4.71. The molecule has 1 amide bonds. The Morgan fingerprint density at radius 1 is 1.36 bits per heavy atom. The number of aliphatic hydroxyl groups is 1. The smallest absolute Gasteiger partial charge is 0.222 e. The van der Waals surface area contributed by atoms with Gasteiger partial charge in [-0.05, 0) is 30.4 Å². The topological polar surface area (TPSA) is 62.2 Å². The predicted octanol–water partition coefficient (Wildman–Crippen LogP) is 3.02. The van der Waals surface area contributed by atoms with Crippen molar-refractivity contribution in [1.29, 1.82) is 0 Å². The van der Waals surface area contributed by atoms with Crippen LogP contribution in [0.5, 0.6) is 0 Å². The van der Waals surface area contributed by atoms with Crippen molar-refractivity contribution < 1.29 is 9.90 Å². The fourth-order valence-corrected chi connectivity index (χ4v) is 3.31. The number of nitrogens with one attached hydrogen (secondary N) is 1. The van der Waals surface area contributed by atoms with Crippen LogP contribution in [-0.4, -0.2) is 28.1 Å². The average molecular weight is 304 g/mol. The van der Waals surface area contributed by atoms with Gasteiger partial charge in [-0.2, -0.15) is 0 Å². The van der Waals surface area contributed by atoms with Crippen LogP contribution in [0.25, 0.3) is 0 Å². The first kappa shape index (κ1) is 16.9. The summed E-state index contributed by atoms with van der Waals surface area (Å²) in [4.78, 5) is 16.4. The zero-order valence-electron chi connectivity index (χ0n) is 13.7. The van der Waals surface area contributed by atoms with Crippen molar-refractivity contribution in [2.45, 2.75) is 63.9 Å². The molecule has 1 fully saturated rings. The number of carbonyl (C=O) groups is 1. The van der Waals surface area contributed by atoms with Gasteiger partial charge in [0, 0.05) is 24.9 Å². The molecule has 1 aliphatic rings. The van der Waals surface area contributed by atoms with Gasteiger partial charge >= 0.3 is 0 Å². The highest BCUT2D eigenvalue weighted by atomic mass is 16.3. The van der Waals surface area contributed by atoms with Crippen LogP contribution in [0.1, 0.15) is 63.9 Å². The van der Waals surface area contributed by atoms with Crippen LogP contribution in [0, 0.1) is 5.92 Å². The number of rotatable bonds is 6. The summed E-state index contributed by atoms with van der Waals surface area (Å²) in [6.45, 7) is 4.90. The monoisotopic (exact) mass is 304 g/mol. The summed E-state index contributed by atoms with van der Waals surface area (Å²) in [5, 5.41) is 13.5. The van der Waals surface area contributed by atoms with Gasteiger partial charge in [0.2, 0.25) is 5.91 Å². The van der Waals surface area contributed by atoms with E-state index in [1.807, 2.05) is 12.3 Å². The molecule has 4 nitrogen and oxygen atoms in total.